The minimum Gasteiger partial charge on any atom is -0.350 e. The molecule has 0 aliphatic heterocycles. The van der Waals surface area contributed by atoms with E-state index >= 15 is 0 Å². The van der Waals surface area contributed by atoms with Gasteiger partial charge in [0, 0.05) is 73.6 Å². The SMILES string of the molecule is Cn1cc(-c2cc3nccn3c(-c3ccn([C@@H](CCF)[C@H]4CC4(F)F)c3)n2)cn1. The molecule has 0 spiro atoms. The number of hydrogen-bond donors (Lipinski definition) is 0. The number of alkyl halides is 3. The van der Waals surface area contributed by atoms with E-state index in [1.807, 2.05) is 29.8 Å². The Morgan fingerprint density at radius 2 is 2.07 bits per heavy atom. The van der Waals surface area contributed by atoms with Crippen molar-refractivity contribution in [2.24, 2.45) is 13.0 Å². The number of hydrogen-bond acceptors (Lipinski definition) is 3. The third kappa shape index (κ3) is 3.10. The topological polar surface area (TPSA) is 52.9 Å². The number of aromatic nitrogens is 6. The molecule has 0 saturated heterocycles. The second kappa shape index (κ2) is 6.47. The highest BCUT2D eigenvalue weighted by molar-refractivity contribution is 5.68. The summed E-state index contributed by atoms with van der Waals surface area (Å²) in [5.41, 5.74) is 3.04. The molecule has 1 saturated carbocycles. The van der Waals surface area contributed by atoms with Crippen LogP contribution in [0.4, 0.5) is 13.2 Å². The van der Waals surface area contributed by atoms with Gasteiger partial charge in [0.25, 0.3) is 5.92 Å². The second-order valence-electron chi connectivity index (χ2n) is 7.49. The number of halogens is 3. The number of nitrogens with zero attached hydrogens (tertiary/aromatic N) is 6. The Labute approximate surface area is 164 Å². The number of aryl methyl sites for hydroxylation is 1. The molecule has 29 heavy (non-hydrogen) atoms. The lowest BCUT2D eigenvalue weighted by Gasteiger charge is -2.17. The van der Waals surface area contributed by atoms with E-state index in [2.05, 4.69) is 10.1 Å². The van der Waals surface area contributed by atoms with Crippen LogP contribution in [0.5, 0.6) is 0 Å². The van der Waals surface area contributed by atoms with Gasteiger partial charge in [-0.1, -0.05) is 0 Å². The summed E-state index contributed by atoms with van der Waals surface area (Å²) in [4.78, 5) is 9.14. The van der Waals surface area contributed by atoms with E-state index in [1.54, 1.807) is 40.2 Å². The normalized spacial score (nSPS) is 19.0. The molecule has 0 N–H and O–H groups in total. The van der Waals surface area contributed by atoms with Crippen molar-refractivity contribution in [1.29, 1.82) is 0 Å². The summed E-state index contributed by atoms with van der Waals surface area (Å²) in [6.07, 6.45) is 10.4. The summed E-state index contributed by atoms with van der Waals surface area (Å²) in [6, 6.07) is 3.12. The largest absolute Gasteiger partial charge is 0.350 e. The molecule has 4 aromatic heterocycles. The fourth-order valence-corrected chi connectivity index (χ4v) is 3.90. The van der Waals surface area contributed by atoms with Crippen molar-refractivity contribution in [3.63, 3.8) is 0 Å². The van der Waals surface area contributed by atoms with Gasteiger partial charge in [-0.3, -0.25) is 13.5 Å². The Bertz CT molecular complexity index is 1170. The zero-order valence-corrected chi connectivity index (χ0v) is 15.7. The minimum atomic E-state index is -2.71. The van der Waals surface area contributed by atoms with Crippen molar-refractivity contribution in [1.82, 2.24) is 28.7 Å². The summed E-state index contributed by atoms with van der Waals surface area (Å²) in [7, 11) is 1.83. The van der Waals surface area contributed by atoms with E-state index in [0.29, 0.717) is 11.5 Å². The molecule has 1 fully saturated rings. The lowest BCUT2D eigenvalue weighted by molar-refractivity contribution is 0.0836. The lowest BCUT2D eigenvalue weighted by Crippen LogP contribution is -2.14. The zero-order valence-electron chi connectivity index (χ0n) is 15.7. The van der Waals surface area contributed by atoms with Gasteiger partial charge in [-0.25, -0.2) is 18.7 Å². The Hall–Kier alpha value is -3.10. The van der Waals surface area contributed by atoms with Crippen LogP contribution >= 0.6 is 0 Å². The van der Waals surface area contributed by atoms with Crippen LogP contribution in [0.25, 0.3) is 28.3 Å². The first-order valence-corrected chi connectivity index (χ1v) is 9.41. The van der Waals surface area contributed by atoms with E-state index in [0.717, 1.165) is 16.8 Å². The molecule has 4 heterocycles. The van der Waals surface area contributed by atoms with E-state index in [4.69, 9.17) is 4.98 Å². The highest BCUT2D eigenvalue weighted by Crippen LogP contribution is 2.55. The molecule has 0 radical (unpaired) electrons. The first kappa shape index (κ1) is 18.0. The van der Waals surface area contributed by atoms with Gasteiger partial charge in [-0.05, 0) is 12.5 Å². The van der Waals surface area contributed by atoms with Gasteiger partial charge >= 0.3 is 0 Å². The lowest BCUT2D eigenvalue weighted by atomic mass is 10.1. The van der Waals surface area contributed by atoms with Crippen LogP contribution in [0, 0.1) is 5.92 Å². The number of imidazole rings is 1. The van der Waals surface area contributed by atoms with Gasteiger partial charge in [0.2, 0.25) is 0 Å². The van der Waals surface area contributed by atoms with Crippen molar-refractivity contribution in [3.8, 4) is 22.6 Å². The average molecular weight is 400 g/mol. The minimum absolute atomic E-state index is 0.0675. The first-order valence-electron chi connectivity index (χ1n) is 9.41. The van der Waals surface area contributed by atoms with Gasteiger partial charge in [0.15, 0.2) is 0 Å². The third-order valence-electron chi connectivity index (χ3n) is 5.49. The quantitative estimate of drug-likeness (QED) is 0.489. The van der Waals surface area contributed by atoms with Crippen LogP contribution in [0.1, 0.15) is 18.9 Å². The predicted molar refractivity (Wildman–Crippen MR) is 101 cm³/mol. The van der Waals surface area contributed by atoms with E-state index in [9.17, 15) is 13.2 Å². The maximum absolute atomic E-state index is 13.6. The van der Waals surface area contributed by atoms with Gasteiger partial charge < -0.3 is 4.57 Å². The van der Waals surface area contributed by atoms with Crippen molar-refractivity contribution < 1.29 is 13.2 Å². The van der Waals surface area contributed by atoms with Crippen LogP contribution in [0.3, 0.4) is 0 Å². The highest BCUT2D eigenvalue weighted by Gasteiger charge is 2.60. The molecule has 9 heteroatoms. The summed E-state index contributed by atoms with van der Waals surface area (Å²) < 4.78 is 45.5. The summed E-state index contributed by atoms with van der Waals surface area (Å²) in [6.45, 7) is -0.634. The molecule has 0 aromatic carbocycles. The van der Waals surface area contributed by atoms with Crippen LogP contribution in [0.2, 0.25) is 0 Å². The molecule has 4 aromatic rings. The van der Waals surface area contributed by atoms with Crippen molar-refractivity contribution in [3.05, 3.63) is 49.3 Å². The Morgan fingerprint density at radius 3 is 2.76 bits per heavy atom. The molecule has 1 aliphatic rings. The third-order valence-corrected chi connectivity index (χ3v) is 5.49. The first-order chi connectivity index (χ1) is 14.0. The van der Waals surface area contributed by atoms with Crippen LogP contribution in [-0.2, 0) is 7.05 Å². The number of rotatable bonds is 6. The fraction of sp³-hybridized carbons (Fsp3) is 0.350. The predicted octanol–water partition coefficient (Wildman–Crippen LogP) is 4.15. The molecule has 0 bridgehead atoms. The second-order valence-corrected chi connectivity index (χ2v) is 7.49. The highest BCUT2D eigenvalue weighted by atomic mass is 19.3. The zero-order chi connectivity index (χ0) is 20.2. The van der Waals surface area contributed by atoms with Crippen molar-refractivity contribution in [2.75, 3.05) is 6.67 Å². The smallest absolute Gasteiger partial charge is 0.253 e. The van der Waals surface area contributed by atoms with Crippen LogP contribution in [0.15, 0.2) is 49.3 Å². The maximum Gasteiger partial charge on any atom is 0.253 e. The van der Waals surface area contributed by atoms with Crippen molar-refractivity contribution >= 4 is 5.65 Å². The molecule has 5 rings (SSSR count). The average Bonchev–Trinajstić information content (AvgIpc) is 3.21. The molecule has 6 nitrogen and oxygen atoms in total. The molecule has 2 atom stereocenters. The van der Waals surface area contributed by atoms with Gasteiger partial charge in [0.05, 0.1) is 18.6 Å². The van der Waals surface area contributed by atoms with E-state index in [-0.39, 0.29) is 12.8 Å². The monoisotopic (exact) mass is 400 g/mol. The maximum atomic E-state index is 13.6. The molecule has 1 aliphatic carbocycles. The number of fused-ring (bicyclic) bond motifs is 1. The Kier molecular flexibility index (Phi) is 4.01. The Balaban J connectivity index is 1.57. The molecule has 0 unspecified atom stereocenters. The summed E-state index contributed by atoms with van der Waals surface area (Å²) >= 11 is 0. The van der Waals surface area contributed by atoms with Crippen molar-refractivity contribution in [2.45, 2.75) is 24.8 Å². The van der Waals surface area contributed by atoms with Gasteiger partial charge in [0.1, 0.15) is 11.5 Å². The van der Waals surface area contributed by atoms with Crippen LogP contribution in [-0.4, -0.2) is 41.3 Å². The fourth-order valence-electron chi connectivity index (χ4n) is 3.90. The molecule has 150 valence electrons. The summed E-state index contributed by atoms with van der Waals surface area (Å²) in [5.74, 6) is -2.89. The standard InChI is InChI=1S/C20H19F3N6/c1-27-11-14(10-25-27)16-8-18-24-5-7-29(18)19(26-16)13-3-6-28(12-13)17(2-4-21)15-9-20(15,22)23/h3,5-8,10-12,15,17H,2,4,9H2,1H3/t15-,17+/m1/s1. The van der Waals surface area contributed by atoms with Gasteiger partial charge in [-0.2, -0.15) is 5.10 Å². The van der Waals surface area contributed by atoms with E-state index in [1.165, 1.54) is 0 Å². The molecular formula is C20H19F3N6. The van der Waals surface area contributed by atoms with E-state index < -0.39 is 24.6 Å². The molecular weight excluding hydrogens is 381 g/mol. The van der Waals surface area contributed by atoms with Gasteiger partial charge in [-0.15, -0.1) is 0 Å². The van der Waals surface area contributed by atoms with Crippen LogP contribution < -0.4 is 0 Å². The Morgan fingerprint density at radius 1 is 1.24 bits per heavy atom. The molecule has 0 amide bonds. The summed E-state index contributed by atoms with van der Waals surface area (Å²) in [5, 5.41) is 4.19.